The molecule has 17 heavy (non-hydrogen) atoms. The van der Waals surface area contributed by atoms with Crippen LogP contribution in [-0.2, 0) is 0 Å². The van der Waals surface area contributed by atoms with E-state index in [0.717, 1.165) is 26.2 Å². The standard InChI is InChI=1S/C13H23N3S/c1-11(16-8-6-14-7-9-16)13(15(2)3)12-5-4-10-17-12/h4-5,10-11,13-14H,6-9H2,1-3H3. The monoisotopic (exact) mass is 253 g/mol. The van der Waals surface area contributed by atoms with Crippen LogP contribution >= 0.6 is 11.3 Å². The SMILES string of the molecule is CC(C(c1cccs1)N(C)C)N1CCNCC1. The normalized spacial score (nSPS) is 21.6. The van der Waals surface area contributed by atoms with Crippen LogP contribution in [-0.4, -0.2) is 56.1 Å². The number of nitrogens with zero attached hydrogens (tertiary/aromatic N) is 2. The summed E-state index contributed by atoms with van der Waals surface area (Å²) in [6.45, 7) is 6.92. The van der Waals surface area contributed by atoms with Crippen molar-refractivity contribution in [1.29, 1.82) is 0 Å². The second kappa shape index (κ2) is 5.96. The van der Waals surface area contributed by atoms with Gasteiger partial charge in [0.1, 0.15) is 0 Å². The Morgan fingerprint density at radius 1 is 1.35 bits per heavy atom. The lowest BCUT2D eigenvalue weighted by Crippen LogP contribution is -2.51. The third-order valence-electron chi connectivity index (χ3n) is 3.58. The molecule has 96 valence electrons. The van der Waals surface area contributed by atoms with Crippen LogP contribution in [0.1, 0.15) is 17.8 Å². The summed E-state index contributed by atoms with van der Waals surface area (Å²) in [4.78, 5) is 6.42. The lowest BCUT2D eigenvalue weighted by atomic mass is 10.0. The minimum absolute atomic E-state index is 0.507. The topological polar surface area (TPSA) is 18.5 Å². The maximum atomic E-state index is 3.42. The molecule has 1 N–H and O–H groups in total. The third kappa shape index (κ3) is 3.07. The summed E-state index contributed by atoms with van der Waals surface area (Å²) < 4.78 is 0. The molecule has 1 aliphatic rings. The molecule has 1 fully saturated rings. The zero-order chi connectivity index (χ0) is 12.3. The molecule has 0 aromatic carbocycles. The molecule has 0 radical (unpaired) electrons. The van der Waals surface area contributed by atoms with Gasteiger partial charge in [0.25, 0.3) is 0 Å². The molecule has 4 heteroatoms. The van der Waals surface area contributed by atoms with Crippen molar-refractivity contribution in [2.75, 3.05) is 40.3 Å². The van der Waals surface area contributed by atoms with Crippen molar-refractivity contribution in [3.63, 3.8) is 0 Å². The first-order valence-electron chi connectivity index (χ1n) is 6.34. The van der Waals surface area contributed by atoms with Gasteiger partial charge in [-0.15, -0.1) is 11.3 Å². The van der Waals surface area contributed by atoms with Crippen molar-refractivity contribution in [3.05, 3.63) is 22.4 Å². The van der Waals surface area contributed by atoms with Crippen molar-refractivity contribution in [3.8, 4) is 0 Å². The minimum atomic E-state index is 0.507. The maximum absolute atomic E-state index is 3.42. The van der Waals surface area contributed by atoms with E-state index in [0.29, 0.717) is 12.1 Å². The van der Waals surface area contributed by atoms with Crippen LogP contribution in [0, 0.1) is 0 Å². The van der Waals surface area contributed by atoms with Crippen LogP contribution in [0.4, 0.5) is 0 Å². The molecule has 1 aromatic rings. The molecular weight excluding hydrogens is 230 g/mol. The lowest BCUT2D eigenvalue weighted by molar-refractivity contribution is 0.108. The molecule has 0 saturated carbocycles. The van der Waals surface area contributed by atoms with Gasteiger partial charge in [0.15, 0.2) is 0 Å². The second-order valence-corrected chi connectivity index (χ2v) is 5.93. The fourth-order valence-electron chi connectivity index (χ4n) is 2.67. The highest BCUT2D eigenvalue weighted by molar-refractivity contribution is 7.10. The highest BCUT2D eigenvalue weighted by Crippen LogP contribution is 2.29. The molecule has 3 nitrogen and oxygen atoms in total. The fraction of sp³-hybridized carbons (Fsp3) is 0.692. The Balaban J connectivity index is 2.10. The molecule has 2 heterocycles. The summed E-state index contributed by atoms with van der Waals surface area (Å²) in [5, 5.41) is 5.60. The van der Waals surface area contributed by atoms with Gasteiger partial charge in [0.2, 0.25) is 0 Å². The largest absolute Gasteiger partial charge is 0.314 e. The van der Waals surface area contributed by atoms with Crippen LogP contribution in [0.15, 0.2) is 17.5 Å². The number of hydrogen-bond donors (Lipinski definition) is 1. The molecule has 0 bridgehead atoms. The van der Waals surface area contributed by atoms with Gasteiger partial charge < -0.3 is 10.2 Å². The molecule has 1 aromatic heterocycles. The summed E-state index contributed by atoms with van der Waals surface area (Å²) in [5.74, 6) is 0. The maximum Gasteiger partial charge on any atom is 0.0590 e. The van der Waals surface area contributed by atoms with E-state index in [2.05, 4.69) is 53.6 Å². The van der Waals surface area contributed by atoms with Crippen LogP contribution in [0.5, 0.6) is 0 Å². The molecule has 0 amide bonds. The van der Waals surface area contributed by atoms with Crippen LogP contribution in [0.2, 0.25) is 0 Å². The first kappa shape index (κ1) is 13.0. The van der Waals surface area contributed by atoms with Crippen molar-refractivity contribution >= 4 is 11.3 Å². The second-order valence-electron chi connectivity index (χ2n) is 4.95. The van der Waals surface area contributed by atoms with E-state index in [9.17, 15) is 0 Å². The molecule has 0 spiro atoms. The number of nitrogens with one attached hydrogen (secondary N) is 1. The smallest absolute Gasteiger partial charge is 0.0590 e. The van der Waals surface area contributed by atoms with Crippen LogP contribution in [0.3, 0.4) is 0 Å². The number of thiophene rings is 1. The summed E-state index contributed by atoms with van der Waals surface area (Å²) in [6.07, 6.45) is 0. The number of piperazine rings is 1. The number of hydrogen-bond acceptors (Lipinski definition) is 4. The van der Waals surface area contributed by atoms with E-state index in [-0.39, 0.29) is 0 Å². The van der Waals surface area contributed by atoms with Gasteiger partial charge in [0.05, 0.1) is 6.04 Å². The Bertz CT molecular complexity index is 317. The Kier molecular flexibility index (Phi) is 4.56. The first-order valence-corrected chi connectivity index (χ1v) is 7.22. The first-order chi connectivity index (χ1) is 8.20. The Labute approximate surface area is 108 Å². The average molecular weight is 253 g/mol. The molecule has 0 aliphatic carbocycles. The predicted molar refractivity (Wildman–Crippen MR) is 74.7 cm³/mol. The summed E-state index contributed by atoms with van der Waals surface area (Å²) in [6, 6.07) is 5.49. The summed E-state index contributed by atoms with van der Waals surface area (Å²) in [7, 11) is 4.37. The van der Waals surface area contributed by atoms with Gasteiger partial charge in [-0.25, -0.2) is 0 Å². The van der Waals surface area contributed by atoms with Gasteiger partial charge in [-0.1, -0.05) is 6.07 Å². The van der Waals surface area contributed by atoms with Crippen molar-refractivity contribution in [2.45, 2.75) is 19.0 Å². The van der Waals surface area contributed by atoms with Gasteiger partial charge in [-0.3, -0.25) is 4.90 Å². The minimum Gasteiger partial charge on any atom is -0.314 e. The van der Waals surface area contributed by atoms with Crippen LogP contribution in [0.25, 0.3) is 0 Å². The Hall–Kier alpha value is -0.420. The summed E-state index contributed by atoms with van der Waals surface area (Å²) in [5.41, 5.74) is 0. The van der Waals surface area contributed by atoms with Gasteiger partial charge in [-0.05, 0) is 32.5 Å². The Morgan fingerprint density at radius 3 is 2.59 bits per heavy atom. The van der Waals surface area contributed by atoms with Crippen molar-refractivity contribution < 1.29 is 0 Å². The van der Waals surface area contributed by atoms with Crippen molar-refractivity contribution in [1.82, 2.24) is 15.1 Å². The molecular formula is C13H23N3S. The molecule has 2 atom stereocenters. The van der Waals surface area contributed by atoms with E-state index >= 15 is 0 Å². The quantitative estimate of drug-likeness (QED) is 0.880. The highest BCUT2D eigenvalue weighted by atomic mass is 32.1. The van der Waals surface area contributed by atoms with Crippen molar-refractivity contribution in [2.24, 2.45) is 0 Å². The van der Waals surface area contributed by atoms with E-state index in [1.54, 1.807) is 0 Å². The number of rotatable bonds is 4. The number of likely N-dealkylation sites (N-methyl/N-ethyl adjacent to an activating group) is 1. The van der Waals surface area contributed by atoms with Gasteiger partial charge >= 0.3 is 0 Å². The molecule has 1 aliphatic heterocycles. The summed E-state index contributed by atoms with van der Waals surface area (Å²) >= 11 is 1.87. The van der Waals surface area contributed by atoms with E-state index in [1.807, 2.05) is 11.3 Å². The average Bonchev–Trinajstić information content (AvgIpc) is 2.83. The van der Waals surface area contributed by atoms with Gasteiger partial charge in [0, 0.05) is 37.1 Å². The third-order valence-corrected chi connectivity index (χ3v) is 4.52. The molecule has 1 saturated heterocycles. The van der Waals surface area contributed by atoms with Gasteiger partial charge in [-0.2, -0.15) is 0 Å². The van der Waals surface area contributed by atoms with E-state index < -0.39 is 0 Å². The fourth-order valence-corrected chi connectivity index (χ4v) is 3.69. The lowest BCUT2D eigenvalue weighted by Gasteiger charge is -2.39. The molecule has 2 unspecified atom stereocenters. The van der Waals surface area contributed by atoms with Crippen LogP contribution < -0.4 is 5.32 Å². The van der Waals surface area contributed by atoms with E-state index in [4.69, 9.17) is 0 Å². The zero-order valence-corrected chi connectivity index (χ0v) is 11.8. The predicted octanol–water partition coefficient (Wildman–Crippen LogP) is 1.64. The molecule has 2 rings (SSSR count). The van der Waals surface area contributed by atoms with E-state index in [1.165, 1.54) is 4.88 Å². The Morgan fingerprint density at radius 2 is 2.06 bits per heavy atom. The zero-order valence-electron chi connectivity index (χ0n) is 11.0. The highest BCUT2D eigenvalue weighted by Gasteiger charge is 2.28.